The van der Waals surface area contributed by atoms with Gasteiger partial charge in [-0.3, -0.25) is 0 Å². The van der Waals surface area contributed by atoms with Gasteiger partial charge in [-0.2, -0.15) is 0 Å². The highest BCUT2D eigenvalue weighted by Crippen LogP contribution is 2.29. The smallest absolute Gasteiger partial charge is 0.0743 e. The standard InChI is InChI=1S/C8H11BrS/c1-8(2,3)6-4-7(9)10-5-6/h4-5H,1-3H3/i1D3,2D3,3D3,4D,5D. The van der Waals surface area contributed by atoms with E-state index in [9.17, 15) is 0 Å². The highest BCUT2D eigenvalue weighted by atomic mass is 79.9. The van der Waals surface area contributed by atoms with Crippen molar-refractivity contribution in [1.82, 2.24) is 0 Å². The van der Waals surface area contributed by atoms with Crippen LogP contribution in [0.4, 0.5) is 0 Å². The molecule has 0 aliphatic carbocycles. The van der Waals surface area contributed by atoms with Gasteiger partial charge >= 0.3 is 0 Å². The molecule has 56 valence electrons. The van der Waals surface area contributed by atoms with Crippen molar-refractivity contribution in [3.8, 4) is 0 Å². The topological polar surface area (TPSA) is 0 Å². The Bertz CT molecular complexity index is 498. The minimum Gasteiger partial charge on any atom is -0.137 e. The van der Waals surface area contributed by atoms with Crippen molar-refractivity contribution in [3.63, 3.8) is 0 Å². The Labute approximate surface area is 89.9 Å². The van der Waals surface area contributed by atoms with Gasteiger partial charge in [0.2, 0.25) is 0 Å². The van der Waals surface area contributed by atoms with Crippen LogP contribution in [0.5, 0.6) is 0 Å². The Balaban J connectivity index is 4.01. The van der Waals surface area contributed by atoms with E-state index < -0.39 is 42.9 Å². The van der Waals surface area contributed by atoms with E-state index in [4.69, 9.17) is 15.1 Å². The van der Waals surface area contributed by atoms with Crippen molar-refractivity contribution in [2.75, 3.05) is 0 Å². The molecule has 0 N–H and O–H groups in total. The van der Waals surface area contributed by atoms with Gasteiger partial charge in [0.05, 0.1) is 6.53 Å². The first-order valence-electron chi connectivity index (χ1n) is 7.85. The van der Waals surface area contributed by atoms with Gasteiger partial charge in [0.15, 0.2) is 0 Å². The summed E-state index contributed by atoms with van der Waals surface area (Å²) in [7, 11) is 0. The van der Waals surface area contributed by atoms with Crippen LogP contribution < -0.4 is 0 Å². The van der Waals surface area contributed by atoms with Crippen LogP contribution in [0, 0.1) is 0 Å². The molecule has 0 amide bonds. The average Bonchev–Trinajstić information content (AvgIpc) is 2.39. The normalized spacial score (nSPS) is 31.9. The number of thiophene rings is 1. The molecule has 0 fully saturated rings. The second kappa shape index (κ2) is 2.67. The quantitative estimate of drug-likeness (QED) is 0.635. The lowest BCUT2D eigenvalue weighted by Gasteiger charge is -2.15. The number of rotatable bonds is 0. The summed E-state index contributed by atoms with van der Waals surface area (Å²) in [6.45, 7) is -10.3. The van der Waals surface area contributed by atoms with E-state index in [2.05, 4.69) is 15.9 Å². The summed E-state index contributed by atoms with van der Waals surface area (Å²) in [6, 6.07) is -0.589. The van der Waals surface area contributed by atoms with Gasteiger partial charge in [0, 0.05) is 12.3 Å². The van der Waals surface area contributed by atoms with Crippen molar-refractivity contribution in [2.45, 2.75) is 26.0 Å². The zero-order valence-corrected chi connectivity index (χ0v) is 7.19. The Morgan fingerprint density at radius 1 is 1.70 bits per heavy atom. The van der Waals surface area contributed by atoms with E-state index in [1.807, 2.05) is 0 Å². The van der Waals surface area contributed by atoms with E-state index in [1.54, 1.807) is 0 Å². The zero-order valence-electron chi connectivity index (χ0n) is 15.8. The van der Waals surface area contributed by atoms with Crippen LogP contribution in [0.15, 0.2) is 15.2 Å². The van der Waals surface area contributed by atoms with Gasteiger partial charge in [0.1, 0.15) is 0 Å². The van der Waals surface area contributed by atoms with Gasteiger partial charge in [0.25, 0.3) is 0 Å². The highest BCUT2D eigenvalue weighted by Gasteiger charge is 2.14. The fraction of sp³-hybridized carbons (Fsp3) is 0.500. The molecule has 0 atom stereocenters. The van der Waals surface area contributed by atoms with E-state index in [1.165, 1.54) is 0 Å². The molecule has 1 aromatic heterocycles. The summed E-state index contributed by atoms with van der Waals surface area (Å²) in [5, 5.41) is -0.560. The van der Waals surface area contributed by atoms with Crippen LogP contribution >= 0.6 is 27.3 Å². The molecule has 1 aromatic rings. The maximum atomic E-state index is 7.81. The van der Waals surface area contributed by atoms with Crippen LogP contribution in [0.25, 0.3) is 0 Å². The van der Waals surface area contributed by atoms with E-state index in [-0.39, 0.29) is 3.79 Å². The Kier molecular flexibility index (Phi) is 0.510. The van der Waals surface area contributed by atoms with Gasteiger partial charge < -0.3 is 0 Å². The third-order valence-corrected chi connectivity index (χ3v) is 2.11. The molecule has 1 heterocycles. The Morgan fingerprint density at radius 2 is 2.40 bits per heavy atom. The van der Waals surface area contributed by atoms with Crippen molar-refractivity contribution < 1.29 is 15.1 Å². The fourth-order valence-electron chi connectivity index (χ4n) is 0.415. The molecule has 0 unspecified atom stereocenters. The van der Waals surface area contributed by atoms with E-state index in [0.29, 0.717) is 11.3 Å². The molecule has 0 bridgehead atoms. The van der Waals surface area contributed by atoms with Crippen molar-refractivity contribution in [1.29, 1.82) is 0 Å². The highest BCUT2D eigenvalue weighted by molar-refractivity contribution is 9.11. The second-order valence-electron chi connectivity index (χ2n) is 1.73. The lowest BCUT2D eigenvalue weighted by Crippen LogP contribution is -2.08. The van der Waals surface area contributed by atoms with Crippen molar-refractivity contribution >= 4 is 27.3 Å². The molecule has 0 radical (unpaired) electrons. The van der Waals surface area contributed by atoms with Gasteiger partial charge in [-0.15, -0.1) is 11.3 Å². The first kappa shape index (κ1) is 1.91. The molecule has 0 nitrogen and oxygen atoms in total. The summed E-state index contributed by atoms with van der Waals surface area (Å²) < 4.78 is 83.3. The van der Waals surface area contributed by atoms with Crippen LogP contribution in [-0.4, -0.2) is 0 Å². The first-order chi connectivity index (χ1) is 9.09. The monoisotopic (exact) mass is 229 g/mol. The SMILES string of the molecule is [2H]c1sc(Br)c([2H])c1C(C([2H])([2H])[2H])(C([2H])([2H])[2H])C([2H])([2H])[2H]. The lowest BCUT2D eigenvalue weighted by molar-refractivity contribution is 0.592. The van der Waals surface area contributed by atoms with Gasteiger partial charge in [-0.25, -0.2) is 0 Å². The molecule has 0 aliphatic rings. The predicted molar refractivity (Wildman–Crippen MR) is 50.7 cm³/mol. The Hall–Kier alpha value is 0.180. The van der Waals surface area contributed by atoms with Crippen molar-refractivity contribution in [3.05, 3.63) is 20.7 Å². The molecule has 0 aliphatic heterocycles. The van der Waals surface area contributed by atoms with Crippen LogP contribution in [0.1, 0.15) is 41.2 Å². The molecule has 0 saturated carbocycles. The van der Waals surface area contributed by atoms with E-state index >= 15 is 0 Å². The Morgan fingerprint density at radius 3 is 2.80 bits per heavy atom. The van der Waals surface area contributed by atoms with Crippen molar-refractivity contribution in [2.24, 2.45) is 0 Å². The average molecular weight is 230 g/mol. The van der Waals surface area contributed by atoms with Crippen LogP contribution in [0.3, 0.4) is 0 Å². The molecule has 0 spiro atoms. The summed E-state index contributed by atoms with van der Waals surface area (Å²) in [5.74, 6) is 0. The molecular weight excluding hydrogens is 208 g/mol. The zero-order chi connectivity index (χ0) is 17.0. The maximum absolute atomic E-state index is 7.81. The largest absolute Gasteiger partial charge is 0.137 e. The number of halogens is 1. The molecule has 0 saturated heterocycles. The van der Waals surface area contributed by atoms with Crippen LogP contribution in [-0.2, 0) is 5.41 Å². The summed E-state index contributed by atoms with van der Waals surface area (Å²) in [6.07, 6.45) is 0. The summed E-state index contributed by atoms with van der Waals surface area (Å²) in [4.78, 5) is 0. The summed E-state index contributed by atoms with van der Waals surface area (Å²) >= 11 is 3.54. The molecule has 1 rings (SSSR count). The number of hydrogen-bond donors (Lipinski definition) is 0. The number of hydrogen-bond acceptors (Lipinski definition) is 1. The fourth-order valence-corrected chi connectivity index (χ4v) is 1.41. The molecule has 10 heavy (non-hydrogen) atoms. The van der Waals surface area contributed by atoms with Gasteiger partial charge in [-0.05, 0) is 38.3 Å². The van der Waals surface area contributed by atoms with Crippen LogP contribution in [0.2, 0.25) is 0 Å². The first-order valence-corrected chi connectivity index (χ1v) is 3.96. The predicted octanol–water partition coefficient (Wildman–Crippen LogP) is 3.81. The van der Waals surface area contributed by atoms with Gasteiger partial charge in [-0.1, -0.05) is 20.6 Å². The lowest BCUT2D eigenvalue weighted by atomic mass is 9.90. The third kappa shape index (κ3) is 1.83. The maximum Gasteiger partial charge on any atom is 0.0743 e. The third-order valence-electron chi connectivity index (χ3n) is 0.841. The minimum absolute atomic E-state index is 0.0182. The second-order valence-corrected chi connectivity index (χ2v) is 3.86. The molecule has 0 aromatic carbocycles. The molecular formula is C8H11BrS. The molecule has 2 heteroatoms. The van der Waals surface area contributed by atoms with E-state index in [0.717, 1.165) is 0 Å². The summed E-state index contributed by atoms with van der Waals surface area (Å²) in [5.41, 5.74) is -4.08. The minimum atomic E-state index is -3.45.